The van der Waals surface area contributed by atoms with Crippen molar-refractivity contribution >= 4 is 35.8 Å². The fourth-order valence-corrected chi connectivity index (χ4v) is 2.50. The minimum atomic E-state index is -0.0222. The maximum Gasteiger partial charge on any atom is 0.251 e. The second kappa shape index (κ2) is 13.8. The Labute approximate surface area is 182 Å². The van der Waals surface area contributed by atoms with Crippen molar-refractivity contribution in [3.8, 4) is 0 Å². The fourth-order valence-electron chi connectivity index (χ4n) is 2.50. The molecule has 0 saturated heterocycles. The molecule has 0 fully saturated rings. The van der Waals surface area contributed by atoms with E-state index in [-0.39, 0.29) is 35.9 Å². The van der Waals surface area contributed by atoms with Gasteiger partial charge in [-0.05, 0) is 56.7 Å². The Kier molecular flexibility index (Phi) is 13.1. The number of rotatable bonds is 9. The molecule has 6 heteroatoms. The Morgan fingerprint density at radius 3 is 2.37 bits per heavy atom. The summed E-state index contributed by atoms with van der Waals surface area (Å²) in [6, 6.07) is 8.27. The number of aliphatic imine (C=N–C) groups is 1. The van der Waals surface area contributed by atoms with Crippen LogP contribution in [-0.2, 0) is 6.54 Å². The van der Waals surface area contributed by atoms with Crippen molar-refractivity contribution in [1.82, 2.24) is 16.0 Å². The molecule has 5 nitrogen and oxygen atoms in total. The van der Waals surface area contributed by atoms with Crippen LogP contribution in [0.1, 0.15) is 69.8 Å². The molecular weight excluding hydrogens is 451 g/mol. The van der Waals surface area contributed by atoms with E-state index in [4.69, 9.17) is 0 Å². The Bertz CT molecular complexity index is 589. The number of hydrogen-bond acceptors (Lipinski definition) is 2. The van der Waals surface area contributed by atoms with Gasteiger partial charge in [-0.3, -0.25) is 9.79 Å². The van der Waals surface area contributed by atoms with Crippen molar-refractivity contribution in [3.05, 3.63) is 35.4 Å². The zero-order valence-electron chi connectivity index (χ0n) is 17.6. The normalized spacial score (nSPS) is 13.5. The molecular formula is C21H37IN4O. The van der Waals surface area contributed by atoms with E-state index in [2.05, 4.69) is 48.6 Å². The first kappa shape index (κ1) is 25.7. The number of benzene rings is 1. The third-order valence-electron chi connectivity index (χ3n) is 4.42. The van der Waals surface area contributed by atoms with Gasteiger partial charge in [-0.25, -0.2) is 0 Å². The minimum Gasteiger partial charge on any atom is -0.354 e. The third kappa shape index (κ3) is 10.6. The lowest BCUT2D eigenvalue weighted by Crippen LogP contribution is -2.42. The largest absolute Gasteiger partial charge is 0.354 e. The van der Waals surface area contributed by atoms with Crippen molar-refractivity contribution in [2.45, 2.75) is 72.5 Å². The number of nitrogens with zero attached hydrogens (tertiary/aromatic N) is 1. The van der Waals surface area contributed by atoms with Gasteiger partial charge in [-0.2, -0.15) is 0 Å². The van der Waals surface area contributed by atoms with Gasteiger partial charge in [0, 0.05) is 31.2 Å². The lowest BCUT2D eigenvalue weighted by Gasteiger charge is -2.19. The van der Waals surface area contributed by atoms with E-state index >= 15 is 0 Å². The zero-order valence-corrected chi connectivity index (χ0v) is 20.0. The van der Waals surface area contributed by atoms with Crippen LogP contribution in [0.4, 0.5) is 0 Å². The highest BCUT2D eigenvalue weighted by atomic mass is 127. The molecule has 27 heavy (non-hydrogen) atoms. The first-order valence-electron chi connectivity index (χ1n) is 9.72. The lowest BCUT2D eigenvalue weighted by atomic mass is 10.0. The number of carbonyl (C=O) groups excluding carboxylic acids is 1. The number of carbonyl (C=O) groups is 1. The Morgan fingerprint density at radius 1 is 1.07 bits per heavy atom. The molecule has 1 rings (SSSR count). The molecule has 2 atom stereocenters. The molecule has 0 aliphatic heterocycles. The molecule has 0 bridgehead atoms. The quantitative estimate of drug-likeness (QED) is 0.276. The first-order chi connectivity index (χ1) is 12.3. The predicted molar refractivity (Wildman–Crippen MR) is 126 cm³/mol. The summed E-state index contributed by atoms with van der Waals surface area (Å²) < 4.78 is 0. The van der Waals surface area contributed by atoms with Crippen LogP contribution in [0.3, 0.4) is 0 Å². The number of nitrogens with one attached hydrogen (secondary N) is 3. The van der Waals surface area contributed by atoms with Gasteiger partial charge < -0.3 is 16.0 Å². The smallest absolute Gasteiger partial charge is 0.251 e. The van der Waals surface area contributed by atoms with E-state index in [0.29, 0.717) is 24.1 Å². The van der Waals surface area contributed by atoms with E-state index in [9.17, 15) is 4.79 Å². The first-order valence-corrected chi connectivity index (χ1v) is 9.72. The molecule has 0 aliphatic carbocycles. The molecule has 3 N–H and O–H groups in total. The Morgan fingerprint density at radius 2 is 1.78 bits per heavy atom. The summed E-state index contributed by atoms with van der Waals surface area (Å²) in [6.45, 7) is 11.4. The van der Waals surface area contributed by atoms with Crippen molar-refractivity contribution in [1.29, 1.82) is 0 Å². The Balaban J connectivity index is 0.00000676. The van der Waals surface area contributed by atoms with Gasteiger partial charge in [0.25, 0.3) is 5.91 Å². The van der Waals surface area contributed by atoms with Crippen LogP contribution in [-0.4, -0.2) is 31.0 Å². The van der Waals surface area contributed by atoms with Gasteiger partial charge in [0.05, 0.1) is 0 Å². The summed E-state index contributed by atoms with van der Waals surface area (Å²) in [7, 11) is 1.78. The van der Waals surface area contributed by atoms with E-state index in [1.54, 1.807) is 7.05 Å². The summed E-state index contributed by atoms with van der Waals surface area (Å²) >= 11 is 0. The van der Waals surface area contributed by atoms with Crippen molar-refractivity contribution in [3.63, 3.8) is 0 Å². The molecule has 0 saturated carbocycles. The van der Waals surface area contributed by atoms with Crippen LogP contribution in [0, 0.1) is 5.92 Å². The van der Waals surface area contributed by atoms with E-state index in [1.165, 1.54) is 6.42 Å². The maximum atomic E-state index is 12.3. The number of hydrogen-bond donors (Lipinski definition) is 3. The van der Waals surface area contributed by atoms with Gasteiger partial charge in [0.2, 0.25) is 0 Å². The van der Waals surface area contributed by atoms with Crippen molar-refractivity contribution in [2.75, 3.05) is 7.05 Å². The highest BCUT2D eigenvalue weighted by Gasteiger charge is 2.10. The molecule has 0 aliphatic rings. The summed E-state index contributed by atoms with van der Waals surface area (Å²) in [5.74, 6) is 1.47. The monoisotopic (exact) mass is 488 g/mol. The summed E-state index contributed by atoms with van der Waals surface area (Å²) in [5.41, 5.74) is 1.75. The van der Waals surface area contributed by atoms with Crippen molar-refractivity contribution < 1.29 is 4.79 Å². The molecule has 0 radical (unpaired) electrons. The number of guanidine groups is 1. The SMILES string of the molecule is CCC(C)NC(=O)c1cccc(CNC(=NC)NC(C)CCC(C)C)c1.I. The molecule has 0 aromatic heterocycles. The molecule has 0 heterocycles. The maximum absolute atomic E-state index is 12.3. The fraction of sp³-hybridized carbons (Fsp3) is 0.619. The predicted octanol–water partition coefficient (Wildman–Crippen LogP) is 4.32. The average Bonchev–Trinajstić information content (AvgIpc) is 2.63. The second-order valence-electron chi connectivity index (χ2n) is 7.43. The highest BCUT2D eigenvalue weighted by Crippen LogP contribution is 2.07. The second-order valence-corrected chi connectivity index (χ2v) is 7.43. The van der Waals surface area contributed by atoms with Crippen molar-refractivity contribution in [2.24, 2.45) is 10.9 Å². The molecule has 1 aromatic carbocycles. The number of amides is 1. The van der Waals surface area contributed by atoms with Gasteiger partial charge in [0.1, 0.15) is 0 Å². The van der Waals surface area contributed by atoms with E-state index in [0.717, 1.165) is 24.4 Å². The third-order valence-corrected chi connectivity index (χ3v) is 4.42. The highest BCUT2D eigenvalue weighted by molar-refractivity contribution is 14.0. The van der Waals surface area contributed by atoms with Gasteiger partial charge in [-0.1, -0.05) is 32.9 Å². The van der Waals surface area contributed by atoms with Crippen LogP contribution < -0.4 is 16.0 Å². The molecule has 154 valence electrons. The van der Waals surface area contributed by atoms with E-state index < -0.39 is 0 Å². The van der Waals surface area contributed by atoms with Crippen LogP contribution in [0.15, 0.2) is 29.3 Å². The van der Waals surface area contributed by atoms with Gasteiger partial charge >= 0.3 is 0 Å². The standard InChI is InChI=1S/C21H36N4O.HI/c1-7-16(4)24-20(26)19-10-8-9-18(13-19)14-23-21(22-6)25-17(5)12-11-15(2)3;/h8-10,13,15-17H,7,11-12,14H2,1-6H3,(H,24,26)(H2,22,23,25);1H. The zero-order chi connectivity index (χ0) is 19.5. The molecule has 0 spiro atoms. The van der Waals surface area contributed by atoms with Crippen LogP contribution in [0.2, 0.25) is 0 Å². The Hall–Kier alpha value is -1.31. The summed E-state index contributed by atoms with van der Waals surface area (Å²) in [5, 5.41) is 9.76. The molecule has 2 unspecified atom stereocenters. The average molecular weight is 488 g/mol. The summed E-state index contributed by atoms with van der Waals surface area (Å²) in [6.07, 6.45) is 3.23. The molecule has 1 amide bonds. The minimum absolute atomic E-state index is 0. The van der Waals surface area contributed by atoms with Gasteiger partial charge in [0.15, 0.2) is 5.96 Å². The summed E-state index contributed by atoms with van der Waals surface area (Å²) in [4.78, 5) is 16.6. The van der Waals surface area contributed by atoms with E-state index in [1.807, 2.05) is 31.2 Å². The molecule has 1 aromatic rings. The van der Waals surface area contributed by atoms with Crippen LogP contribution in [0.25, 0.3) is 0 Å². The topological polar surface area (TPSA) is 65.5 Å². The number of halogens is 1. The van der Waals surface area contributed by atoms with Crippen LogP contribution in [0.5, 0.6) is 0 Å². The van der Waals surface area contributed by atoms with Crippen LogP contribution >= 0.6 is 24.0 Å². The lowest BCUT2D eigenvalue weighted by molar-refractivity contribution is 0.0939. The van der Waals surface area contributed by atoms with Gasteiger partial charge in [-0.15, -0.1) is 24.0 Å².